The molecule has 1 heterocycles. The number of benzene rings is 1. The average molecular weight is 219 g/mol. The summed E-state index contributed by atoms with van der Waals surface area (Å²) in [6, 6.07) is 6.44. The summed E-state index contributed by atoms with van der Waals surface area (Å²) in [5.41, 5.74) is 4.30. The molecule has 84 valence electrons. The number of hydrogen-bond acceptors (Lipinski definition) is 3. The topological polar surface area (TPSA) is 50.9 Å². The standard InChI is InChI=1S/C12H14FN3/c1-7(2)10-6-8-5-9(13)3-4-11(8)15-12(10)16-14/h3-7H,14H2,1-2H3,(H,15,16). The van der Waals surface area contributed by atoms with Crippen LogP contribution in [-0.2, 0) is 0 Å². The van der Waals surface area contributed by atoms with Crippen LogP contribution in [0.3, 0.4) is 0 Å². The van der Waals surface area contributed by atoms with Crippen LogP contribution >= 0.6 is 0 Å². The molecule has 0 aliphatic rings. The molecule has 1 aromatic carbocycles. The first-order valence-corrected chi connectivity index (χ1v) is 5.18. The second-order valence-electron chi connectivity index (χ2n) is 4.06. The first-order chi connectivity index (χ1) is 7.61. The molecule has 2 aromatic rings. The van der Waals surface area contributed by atoms with Gasteiger partial charge in [-0.05, 0) is 35.7 Å². The molecule has 3 N–H and O–H groups in total. The quantitative estimate of drug-likeness (QED) is 0.603. The molecule has 0 radical (unpaired) electrons. The van der Waals surface area contributed by atoms with E-state index in [0.29, 0.717) is 5.82 Å². The first-order valence-electron chi connectivity index (χ1n) is 5.18. The van der Waals surface area contributed by atoms with Gasteiger partial charge in [-0.3, -0.25) is 0 Å². The summed E-state index contributed by atoms with van der Waals surface area (Å²) in [4.78, 5) is 4.35. The predicted molar refractivity (Wildman–Crippen MR) is 63.6 cm³/mol. The highest BCUT2D eigenvalue weighted by molar-refractivity contribution is 5.81. The van der Waals surface area contributed by atoms with Crippen molar-refractivity contribution in [3.8, 4) is 0 Å². The monoisotopic (exact) mass is 219 g/mol. The number of aromatic nitrogens is 1. The van der Waals surface area contributed by atoms with Crippen LogP contribution in [0.1, 0.15) is 25.3 Å². The number of hydrogen-bond donors (Lipinski definition) is 2. The van der Waals surface area contributed by atoms with Crippen LogP contribution in [0, 0.1) is 5.82 Å². The van der Waals surface area contributed by atoms with E-state index in [1.165, 1.54) is 12.1 Å². The molecule has 0 saturated carbocycles. The van der Waals surface area contributed by atoms with Crippen molar-refractivity contribution in [3.63, 3.8) is 0 Å². The Morgan fingerprint density at radius 2 is 2.06 bits per heavy atom. The third-order valence-electron chi connectivity index (χ3n) is 2.57. The number of pyridine rings is 1. The number of fused-ring (bicyclic) bond motifs is 1. The van der Waals surface area contributed by atoms with Gasteiger partial charge in [0.15, 0.2) is 0 Å². The lowest BCUT2D eigenvalue weighted by atomic mass is 10.0. The van der Waals surface area contributed by atoms with Crippen LogP contribution in [0.15, 0.2) is 24.3 Å². The number of nitrogen functional groups attached to an aromatic ring is 1. The highest BCUT2D eigenvalue weighted by Crippen LogP contribution is 2.26. The number of nitrogens with zero attached hydrogens (tertiary/aromatic N) is 1. The summed E-state index contributed by atoms with van der Waals surface area (Å²) < 4.78 is 13.1. The van der Waals surface area contributed by atoms with Crippen molar-refractivity contribution in [1.82, 2.24) is 4.98 Å². The normalized spacial score (nSPS) is 11.1. The Bertz CT molecular complexity index is 523. The van der Waals surface area contributed by atoms with Gasteiger partial charge in [0.05, 0.1) is 5.52 Å². The number of rotatable bonds is 2. The summed E-state index contributed by atoms with van der Waals surface area (Å²) >= 11 is 0. The molecule has 4 heteroatoms. The molecule has 16 heavy (non-hydrogen) atoms. The first kappa shape index (κ1) is 10.8. The Kier molecular flexibility index (Phi) is 2.75. The lowest BCUT2D eigenvalue weighted by Crippen LogP contribution is -2.12. The summed E-state index contributed by atoms with van der Waals surface area (Å²) in [7, 11) is 0. The van der Waals surface area contributed by atoms with Gasteiger partial charge in [0.1, 0.15) is 11.6 Å². The van der Waals surface area contributed by atoms with Crippen molar-refractivity contribution in [2.24, 2.45) is 5.84 Å². The summed E-state index contributed by atoms with van der Waals surface area (Å²) in [6.07, 6.45) is 0. The zero-order valence-electron chi connectivity index (χ0n) is 9.29. The van der Waals surface area contributed by atoms with Crippen molar-refractivity contribution < 1.29 is 4.39 Å². The SMILES string of the molecule is CC(C)c1cc2cc(F)ccc2nc1NN. The van der Waals surface area contributed by atoms with Crippen molar-refractivity contribution in [2.45, 2.75) is 19.8 Å². The van der Waals surface area contributed by atoms with Crippen molar-refractivity contribution in [3.05, 3.63) is 35.6 Å². The third kappa shape index (κ3) is 1.84. The van der Waals surface area contributed by atoms with Gasteiger partial charge >= 0.3 is 0 Å². The number of anilines is 1. The molecular formula is C12H14FN3. The molecule has 0 aliphatic heterocycles. The molecule has 0 aliphatic carbocycles. The minimum atomic E-state index is -0.252. The molecular weight excluding hydrogens is 205 g/mol. The van der Waals surface area contributed by atoms with E-state index in [1.807, 2.05) is 19.9 Å². The van der Waals surface area contributed by atoms with Crippen LogP contribution in [0.4, 0.5) is 10.2 Å². The molecule has 0 spiro atoms. The maximum Gasteiger partial charge on any atom is 0.144 e. The van der Waals surface area contributed by atoms with E-state index >= 15 is 0 Å². The van der Waals surface area contributed by atoms with Gasteiger partial charge in [-0.25, -0.2) is 15.2 Å². The second kappa shape index (κ2) is 4.06. The Hall–Kier alpha value is -1.68. The molecule has 0 amide bonds. The van der Waals surface area contributed by atoms with Gasteiger partial charge in [-0.15, -0.1) is 0 Å². The van der Waals surface area contributed by atoms with Gasteiger partial charge in [0.2, 0.25) is 0 Å². The van der Waals surface area contributed by atoms with Crippen molar-refractivity contribution >= 4 is 16.7 Å². The highest BCUT2D eigenvalue weighted by Gasteiger charge is 2.09. The molecule has 0 saturated heterocycles. The lowest BCUT2D eigenvalue weighted by molar-refractivity contribution is 0.629. The zero-order valence-corrected chi connectivity index (χ0v) is 9.29. The minimum Gasteiger partial charge on any atom is -0.308 e. The van der Waals surface area contributed by atoms with Gasteiger partial charge in [0, 0.05) is 5.39 Å². The van der Waals surface area contributed by atoms with Crippen LogP contribution < -0.4 is 11.3 Å². The largest absolute Gasteiger partial charge is 0.308 e. The molecule has 0 fully saturated rings. The van der Waals surface area contributed by atoms with E-state index < -0.39 is 0 Å². The smallest absolute Gasteiger partial charge is 0.144 e. The van der Waals surface area contributed by atoms with Crippen LogP contribution in [-0.4, -0.2) is 4.98 Å². The zero-order chi connectivity index (χ0) is 11.7. The Morgan fingerprint density at radius 3 is 2.69 bits per heavy atom. The Morgan fingerprint density at radius 1 is 1.31 bits per heavy atom. The summed E-state index contributed by atoms with van der Waals surface area (Å²) in [5.74, 6) is 6.10. The molecule has 1 aromatic heterocycles. The minimum absolute atomic E-state index is 0.252. The number of halogens is 1. The maximum absolute atomic E-state index is 13.1. The Labute approximate surface area is 93.5 Å². The van der Waals surface area contributed by atoms with Gasteiger partial charge < -0.3 is 5.43 Å². The van der Waals surface area contributed by atoms with Gasteiger partial charge in [-0.1, -0.05) is 13.8 Å². The number of nitrogens with one attached hydrogen (secondary N) is 1. The van der Waals surface area contributed by atoms with E-state index in [1.54, 1.807) is 6.07 Å². The Balaban J connectivity index is 2.70. The highest BCUT2D eigenvalue weighted by atomic mass is 19.1. The van der Waals surface area contributed by atoms with Gasteiger partial charge in [0.25, 0.3) is 0 Å². The lowest BCUT2D eigenvalue weighted by Gasteiger charge is -2.12. The van der Waals surface area contributed by atoms with E-state index in [4.69, 9.17) is 5.84 Å². The molecule has 0 bridgehead atoms. The van der Waals surface area contributed by atoms with Crippen molar-refractivity contribution in [1.29, 1.82) is 0 Å². The molecule has 2 rings (SSSR count). The van der Waals surface area contributed by atoms with E-state index in [2.05, 4.69) is 10.4 Å². The molecule has 0 atom stereocenters. The van der Waals surface area contributed by atoms with Crippen LogP contribution in [0.25, 0.3) is 10.9 Å². The van der Waals surface area contributed by atoms with Crippen molar-refractivity contribution in [2.75, 3.05) is 5.43 Å². The van der Waals surface area contributed by atoms with Crippen LogP contribution in [0.2, 0.25) is 0 Å². The van der Waals surface area contributed by atoms with E-state index in [0.717, 1.165) is 16.5 Å². The third-order valence-corrected chi connectivity index (χ3v) is 2.57. The van der Waals surface area contributed by atoms with E-state index in [-0.39, 0.29) is 11.7 Å². The maximum atomic E-state index is 13.1. The number of nitrogens with two attached hydrogens (primary N) is 1. The average Bonchev–Trinajstić information content (AvgIpc) is 2.27. The number of hydrazine groups is 1. The summed E-state index contributed by atoms with van der Waals surface area (Å²) in [6.45, 7) is 4.09. The van der Waals surface area contributed by atoms with E-state index in [9.17, 15) is 4.39 Å². The second-order valence-corrected chi connectivity index (χ2v) is 4.06. The predicted octanol–water partition coefficient (Wildman–Crippen LogP) is 2.78. The summed E-state index contributed by atoms with van der Waals surface area (Å²) in [5, 5.41) is 0.794. The fraction of sp³-hybridized carbons (Fsp3) is 0.250. The molecule has 0 unspecified atom stereocenters. The fourth-order valence-corrected chi connectivity index (χ4v) is 1.72. The van der Waals surface area contributed by atoms with Crippen LogP contribution in [0.5, 0.6) is 0 Å². The molecule has 3 nitrogen and oxygen atoms in total. The fourth-order valence-electron chi connectivity index (χ4n) is 1.72. The van der Waals surface area contributed by atoms with Gasteiger partial charge in [-0.2, -0.15) is 0 Å².